The average molecular weight is 284 g/mol. The highest BCUT2D eigenvalue weighted by atomic mass is 35.5. The van der Waals surface area contributed by atoms with Crippen molar-refractivity contribution in [2.75, 3.05) is 6.54 Å². The van der Waals surface area contributed by atoms with Crippen LogP contribution >= 0.6 is 11.6 Å². The molecule has 1 aromatic rings. The first-order valence-corrected chi connectivity index (χ1v) is 6.35. The fraction of sp³-hybridized carbons (Fsp3) is 0.385. The number of nitrogens with zero attached hydrogens (tertiary/aromatic N) is 1. The number of rotatable bonds is 3. The minimum atomic E-state index is -1.06. The van der Waals surface area contributed by atoms with Gasteiger partial charge in [-0.05, 0) is 12.0 Å². The van der Waals surface area contributed by atoms with Gasteiger partial charge in [0.2, 0.25) is 0 Å². The van der Waals surface area contributed by atoms with Crippen molar-refractivity contribution >= 4 is 23.7 Å². The average Bonchev–Trinajstić information content (AvgIpc) is 2.79. The Bertz CT molecular complexity index is 465. The molecule has 0 aliphatic carbocycles. The van der Waals surface area contributed by atoms with Gasteiger partial charge in [-0.3, -0.25) is 4.90 Å². The fourth-order valence-corrected chi connectivity index (χ4v) is 2.34. The quantitative estimate of drug-likeness (QED) is 0.863. The Morgan fingerprint density at radius 2 is 2.05 bits per heavy atom. The molecule has 1 aliphatic heterocycles. The topological polar surface area (TPSA) is 66.8 Å². The van der Waals surface area contributed by atoms with E-state index in [0.29, 0.717) is 0 Å². The fourth-order valence-electron chi connectivity index (χ4n) is 2.02. The van der Waals surface area contributed by atoms with E-state index in [1.54, 1.807) is 0 Å². The maximum atomic E-state index is 11.9. The smallest absolute Gasteiger partial charge is 0.410 e. The molecule has 1 heterocycles. The first-order chi connectivity index (χ1) is 9.08. The molecule has 5 nitrogen and oxygen atoms in total. The second-order valence-electron chi connectivity index (χ2n) is 4.38. The molecule has 2 rings (SSSR count). The third-order valence-corrected chi connectivity index (χ3v) is 3.29. The molecule has 1 aromatic carbocycles. The minimum Gasteiger partial charge on any atom is -0.480 e. The van der Waals surface area contributed by atoms with Crippen molar-refractivity contribution < 1.29 is 19.4 Å². The highest BCUT2D eigenvalue weighted by Crippen LogP contribution is 2.23. The highest BCUT2D eigenvalue weighted by Gasteiger charge is 2.39. The number of hydrogen-bond donors (Lipinski definition) is 1. The molecule has 0 radical (unpaired) electrons. The number of hydrogen-bond acceptors (Lipinski definition) is 3. The van der Waals surface area contributed by atoms with Gasteiger partial charge in [-0.2, -0.15) is 0 Å². The third-order valence-electron chi connectivity index (χ3n) is 2.97. The second kappa shape index (κ2) is 5.93. The number of alkyl halides is 1. The second-order valence-corrected chi connectivity index (χ2v) is 5.00. The van der Waals surface area contributed by atoms with E-state index < -0.39 is 18.1 Å². The van der Waals surface area contributed by atoms with Crippen molar-refractivity contribution in [2.45, 2.75) is 24.4 Å². The van der Waals surface area contributed by atoms with Crippen molar-refractivity contribution in [2.24, 2.45) is 0 Å². The predicted molar refractivity (Wildman–Crippen MR) is 69.0 cm³/mol. The van der Waals surface area contributed by atoms with Crippen LogP contribution in [0.1, 0.15) is 12.0 Å². The lowest BCUT2D eigenvalue weighted by atomic mass is 10.2. The van der Waals surface area contributed by atoms with Gasteiger partial charge in [0.1, 0.15) is 12.6 Å². The third kappa shape index (κ3) is 3.38. The van der Waals surface area contributed by atoms with Crippen LogP contribution in [-0.2, 0) is 16.1 Å². The van der Waals surface area contributed by atoms with Gasteiger partial charge in [0, 0.05) is 6.54 Å². The zero-order chi connectivity index (χ0) is 13.8. The summed E-state index contributed by atoms with van der Waals surface area (Å²) < 4.78 is 5.11. The summed E-state index contributed by atoms with van der Waals surface area (Å²) in [5, 5.41) is 8.69. The van der Waals surface area contributed by atoms with Crippen molar-refractivity contribution in [1.29, 1.82) is 0 Å². The summed E-state index contributed by atoms with van der Waals surface area (Å²) in [4.78, 5) is 24.1. The standard InChI is InChI=1S/C13H14ClNO4/c14-10-6-11(12(16)17)15(7-10)13(18)19-8-9-4-2-1-3-5-9/h1-5,10-11H,6-8H2,(H,16,17)/t10-,11+/m1/s1. The molecule has 2 atom stereocenters. The molecule has 1 fully saturated rings. The number of carbonyl (C=O) groups is 2. The Balaban J connectivity index is 1.94. The molecule has 0 unspecified atom stereocenters. The van der Waals surface area contributed by atoms with E-state index in [4.69, 9.17) is 21.4 Å². The number of aliphatic carboxylic acids is 1. The van der Waals surface area contributed by atoms with Gasteiger partial charge in [-0.1, -0.05) is 30.3 Å². The van der Waals surface area contributed by atoms with Crippen LogP contribution in [0.5, 0.6) is 0 Å². The Morgan fingerprint density at radius 1 is 1.37 bits per heavy atom. The Morgan fingerprint density at radius 3 is 2.68 bits per heavy atom. The Hall–Kier alpha value is -1.75. The van der Waals surface area contributed by atoms with Gasteiger partial charge in [0.05, 0.1) is 5.38 Å². The van der Waals surface area contributed by atoms with E-state index in [0.717, 1.165) is 5.56 Å². The molecule has 0 bridgehead atoms. The monoisotopic (exact) mass is 283 g/mol. The lowest BCUT2D eigenvalue weighted by Gasteiger charge is -2.20. The van der Waals surface area contributed by atoms with E-state index in [9.17, 15) is 9.59 Å². The normalized spacial score (nSPS) is 22.3. The zero-order valence-corrected chi connectivity index (χ0v) is 10.9. The van der Waals surface area contributed by atoms with Gasteiger partial charge < -0.3 is 9.84 Å². The molecule has 1 amide bonds. The molecule has 0 aromatic heterocycles. The summed E-state index contributed by atoms with van der Waals surface area (Å²) in [7, 11) is 0. The van der Waals surface area contributed by atoms with Crippen LogP contribution < -0.4 is 0 Å². The first kappa shape index (κ1) is 13.7. The maximum absolute atomic E-state index is 11.9. The molecule has 6 heteroatoms. The van der Waals surface area contributed by atoms with Crippen LogP contribution in [0.15, 0.2) is 30.3 Å². The number of benzene rings is 1. The molecule has 0 saturated carbocycles. The van der Waals surface area contributed by atoms with E-state index in [1.165, 1.54) is 4.90 Å². The zero-order valence-electron chi connectivity index (χ0n) is 10.2. The Kier molecular flexibility index (Phi) is 4.27. The highest BCUT2D eigenvalue weighted by molar-refractivity contribution is 6.21. The van der Waals surface area contributed by atoms with Crippen LogP contribution in [-0.4, -0.2) is 40.0 Å². The number of carboxylic acid groups (broad SMARTS) is 1. The number of likely N-dealkylation sites (tertiary alicyclic amines) is 1. The first-order valence-electron chi connectivity index (χ1n) is 5.92. The van der Waals surface area contributed by atoms with Crippen LogP contribution in [0.4, 0.5) is 4.79 Å². The van der Waals surface area contributed by atoms with Gasteiger partial charge in [-0.15, -0.1) is 11.6 Å². The van der Waals surface area contributed by atoms with Crippen molar-refractivity contribution in [3.8, 4) is 0 Å². The lowest BCUT2D eigenvalue weighted by Crippen LogP contribution is -2.40. The molecule has 102 valence electrons. The molecular formula is C13H14ClNO4. The molecule has 1 N–H and O–H groups in total. The summed E-state index contributed by atoms with van der Waals surface area (Å²) in [5.41, 5.74) is 0.851. The van der Waals surface area contributed by atoms with Crippen LogP contribution in [0.25, 0.3) is 0 Å². The van der Waals surface area contributed by atoms with Crippen LogP contribution in [0.3, 0.4) is 0 Å². The number of halogens is 1. The minimum absolute atomic E-state index is 0.121. The lowest BCUT2D eigenvalue weighted by molar-refractivity contribution is -0.141. The van der Waals surface area contributed by atoms with Crippen molar-refractivity contribution in [3.05, 3.63) is 35.9 Å². The van der Waals surface area contributed by atoms with Gasteiger partial charge in [0.25, 0.3) is 0 Å². The Labute approximate surface area is 115 Å². The van der Waals surface area contributed by atoms with E-state index in [2.05, 4.69) is 0 Å². The number of amides is 1. The molecule has 0 spiro atoms. The summed E-state index contributed by atoms with van der Waals surface area (Å²) >= 11 is 5.89. The summed E-state index contributed by atoms with van der Waals surface area (Å²) in [6.45, 7) is 0.321. The van der Waals surface area contributed by atoms with E-state index >= 15 is 0 Å². The number of ether oxygens (including phenoxy) is 1. The van der Waals surface area contributed by atoms with Crippen molar-refractivity contribution in [3.63, 3.8) is 0 Å². The molecule has 1 saturated heterocycles. The van der Waals surface area contributed by atoms with Gasteiger partial charge in [0.15, 0.2) is 0 Å². The summed E-state index contributed by atoms with van der Waals surface area (Å²) in [5.74, 6) is -1.06. The van der Waals surface area contributed by atoms with E-state index in [-0.39, 0.29) is 24.9 Å². The maximum Gasteiger partial charge on any atom is 0.410 e. The predicted octanol–water partition coefficient (Wildman–Crippen LogP) is 2.09. The summed E-state index contributed by atoms with van der Waals surface area (Å²) in [6, 6.07) is 8.31. The van der Waals surface area contributed by atoms with Crippen LogP contribution in [0, 0.1) is 0 Å². The van der Waals surface area contributed by atoms with E-state index in [1.807, 2.05) is 30.3 Å². The van der Waals surface area contributed by atoms with Gasteiger partial charge >= 0.3 is 12.1 Å². The van der Waals surface area contributed by atoms with Gasteiger partial charge in [-0.25, -0.2) is 9.59 Å². The SMILES string of the molecule is O=C(O)[C@@H]1C[C@@H](Cl)CN1C(=O)OCc1ccccc1. The van der Waals surface area contributed by atoms with Crippen molar-refractivity contribution in [1.82, 2.24) is 4.90 Å². The summed E-state index contributed by atoms with van der Waals surface area (Å²) in [6.07, 6.45) is -0.392. The molecule has 1 aliphatic rings. The molecule has 19 heavy (non-hydrogen) atoms. The van der Waals surface area contributed by atoms with Crippen LogP contribution in [0.2, 0.25) is 0 Å². The number of carboxylic acids is 1. The largest absolute Gasteiger partial charge is 0.480 e. The molecular weight excluding hydrogens is 270 g/mol. The number of carbonyl (C=O) groups excluding carboxylic acids is 1.